The maximum absolute atomic E-state index is 12.0. The van der Waals surface area contributed by atoms with E-state index in [1.54, 1.807) is 12.3 Å². The summed E-state index contributed by atoms with van der Waals surface area (Å²) in [6.45, 7) is 2.18. The Morgan fingerprint density at radius 1 is 1.45 bits per heavy atom. The number of H-pyrrole nitrogens is 1. The first kappa shape index (κ1) is 14.7. The standard InChI is InChI=1S/C16H17N3O2S/c1-10(20)16-19-14(9-22-16)15(21)17-7-6-11-8-18-13-5-3-2-4-12(11)13/h2-5,8-10,18,20H,6-7H2,1H3,(H,17,21)/t10-/m1/s1. The number of rotatable bonds is 5. The molecule has 1 atom stereocenters. The molecule has 0 bridgehead atoms. The molecule has 5 nitrogen and oxygen atoms in total. The lowest BCUT2D eigenvalue weighted by molar-refractivity contribution is 0.0949. The number of aromatic amines is 1. The molecule has 3 aromatic rings. The largest absolute Gasteiger partial charge is 0.386 e. The first-order valence-corrected chi connectivity index (χ1v) is 8.00. The molecule has 0 aliphatic rings. The van der Waals surface area contributed by atoms with Gasteiger partial charge in [0.1, 0.15) is 16.8 Å². The second kappa shape index (κ2) is 6.29. The number of para-hydroxylation sites is 1. The highest BCUT2D eigenvalue weighted by Gasteiger charge is 2.13. The fourth-order valence-corrected chi connectivity index (χ4v) is 3.06. The third kappa shape index (κ3) is 3.03. The van der Waals surface area contributed by atoms with Crippen LogP contribution in [0.15, 0.2) is 35.8 Å². The third-order valence-corrected chi connectivity index (χ3v) is 4.48. The van der Waals surface area contributed by atoms with Crippen LogP contribution in [-0.4, -0.2) is 27.5 Å². The summed E-state index contributed by atoms with van der Waals surface area (Å²) in [5, 5.41) is 15.7. The molecule has 0 saturated carbocycles. The van der Waals surface area contributed by atoms with Crippen LogP contribution in [0.3, 0.4) is 0 Å². The second-order valence-corrected chi connectivity index (χ2v) is 6.00. The lowest BCUT2D eigenvalue weighted by atomic mass is 10.1. The van der Waals surface area contributed by atoms with Gasteiger partial charge in [0.05, 0.1) is 0 Å². The number of amides is 1. The number of nitrogens with zero attached hydrogens (tertiary/aromatic N) is 1. The fourth-order valence-electron chi connectivity index (χ4n) is 2.32. The summed E-state index contributed by atoms with van der Waals surface area (Å²) in [7, 11) is 0. The summed E-state index contributed by atoms with van der Waals surface area (Å²) in [5.74, 6) is -0.206. The molecule has 0 radical (unpaired) electrons. The first-order chi connectivity index (χ1) is 10.6. The molecule has 0 fully saturated rings. The molecule has 6 heteroatoms. The van der Waals surface area contributed by atoms with E-state index in [9.17, 15) is 9.90 Å². The molecule has 0 aliphatic heterocycles. The minimum Gasteiger partial charge on any atom is -0.386 e. The Hall–Kier alpha value is -2.18. The van der Waals surface area contributed by atoms with Crippen molar-refractivity contribution in [2.75, 3.05) is 6.54 Å². The summed E-state index contributed by atoms with van der Waals surface area (Å²) >= 11 is 1.29. The van der Waals surface area contributed by atoms with E-state index in [1.807, 2.05) is 24.4 Å². The molecular weight excluding hydrogens is 298 g/mol. The average molecular weight is 315 g/mol. The Morgan fingerprint density at radius 3 is 3.05 bits per heavy atom. The van der Waals surface area contributed by atoms with Crippen LogP contribution in [-0.2, 0) is 6.42 Å². The maximum Gasteiger partial charge on any atom is 0.270 e. The molecule has 1 aromatic carbocycles. The van der Waals surface area contributed by atoms with E-state index in [4.69, 9.17) is 0 Å². The Bertz CT molecular complexity index is 791. The number of carbonyl (C=O) groups is 1. The van der Waals surface area contributed by atoms with E-state index >= 15 is 0 Å². The minimum atomic E-state index is -0.641. The van der Waals surface area contributed by atoms with Crippen molar-refractivity contribution in [3.05, 3.63) is 52.1 Å². The Balaban J connectivity index is 1.59. The van der Waals surface area contributed by atoms with Crippen molar-refractivity contribution in [3.63, 3.8) is 0 Å². The fraction of sp³-hybridized carbons (Fsp3) is 0.250. The number of hydrogen-bond acceptors (Lipinski definition) is 4. The van der Waals surface area contributed by atoms with Crippen LogP contribution in [0.5, 0.6) is 0 Å². The molecule has 3 N–H and O–H groups in total. The van der Waals surface area contributed by atoms with Crippen molar-refractivity contribution in [2.45, 2.75) is 19.4 Å². The lowest BCUT2D eigenvalue weighted by Gasteiger charge is -2.03. The normalized spacial score (nSPS) is 12.5. The van der Waals surface area contributed by atoms with Gasteiger partial charge >= 0.3 is 0 Å². The second-order valence-electron chi connectivity index (χ2n) is 5.11. The molecule has 3 rings (SSSR count). The zero-order valence-corrected chi connectivity index (χ0v) is 13.0. The highest BCUT2D eigenvalue weighted by molar-refractivity contribution is 7.09. The van der Waals surface area contributed by atoms with Crippen LogP contribution >= 0.6 is 11.3 Å². The average Bonchev–Trinajstić information content (AvgIpc) is 3.14. The molecular formula is C16H17N3O2S. The van der Waals surface area contributed by atoms with Gasteiger partial charge in [-0.25, -0.2) is 4.98 Å². The molecule has 22 heavy (non-hydrogen) atoms. The van der Waals surface area contributed by atoms with Gasteiger partial charge in [0.2, 0.25) is 0 Å². The maximum atomic E-state index is 12.0. The van der Waals surface area contributed by atoms with Gasteiger partial charge in [-0.05, 0) is 25.0 Å². The van der Waals surface area contributed by atoms with Crippen molar-refractivity contribution in [1.82, 2.24) is 15.3 Å². The van der Waals surface area contributed by atoms with Crippen LogP contribution < -0.4 is 5.32 Å². The van der Waals surface area contributed by atoms with E-state index < -0.39 is 6.10 Å². The number of benzene rings is 1. The molecule has 2 aromatic heterocycles. The molecule has 2 heterocycles. The molecule has 0 saturated heterocycles. The van der Waals surface area contributed by atoms with Crippen molar-refractivity contribution in [2.24, 2.45) is 0 Å². The number of fused-ring (bicyclic) bond motifs is 1. The summed E-state index contributed by atoms with van der Waals surface area (Å²) in [4.78, 5) is 19.4. The van der Waals surface area contributed by atoms with E-state index in [0.29, 0.717) is 17.2 Å². The summed E-state index contributed by atoms with van der Waals surface area (Å²) < 4.78 is 0. The van der Waals surface area contributed by atoms with Crippen molar-refractivity contribution < 1.29 is 9.90 Å². The number of aromatic nitrogens is 2. The van der Waals surface area contributed by atoms with Gasteiger partial charge in [-0.1, -0.05) is 18.2 Å². The topological polar surface area (TPSA) is 78.0 Å². The SMILES string of the molecule is C[C@@H](O)c1nc(C(=O)NCCc2c[nH]c3ccccc23)cs1. The number of nitrogens with one attached hydrogen (secondary N) is 2. The van der Waals surface area contributed by atoms with Crippen LogP contribution in [0.2, 0.25) is 0 Å². The highest BCUT2D eigenvalue weighted by atomic mass is 32.1. The smallest absolute Gasteiger partial charge is 0.270 e. The number of hydrogen-bond donors (Lipinski definition) is 3. The Morgan fingerprint density at radius 2 is 2.27 bits per heavy atom. The molecule has 0 unspecified atom stereocenters. The van der Waals surface area contributed by atoms with E-state index in [-0.39, 0.29) is 5.91 Å². The number of aliphatic hydroxyl groups excluding tert-OH is 1. The zero-order chi connectivity index (χ0) is 15.5. The lowest BCUT2D eigenvalue weighted by Crippen LogP contribution is -2.26. The van der Waals surface area contributed by atoms with Gasteiger partial charge in [0, 0.05) is 29.0 Å². The van der Waals surface area contributed by atoms with Gasteiger partial charge in [0.25, 0.3) is 5.91 Å². The Labute approximate surface area is 132 Å². The number of thiazole rings is 1. The molecule has 1 amide bonds. The van der Waals surface area contributed by atoms with Gasteiger partial charge < -0.3 is 15.4 Å². The summed E-state index contributed by atoms with van der Waals surface area (Å²) in [6.07, 6.45) is 2.09. The highest BCUT2D eigenvalue weighted by Crippen LogP contribution is 2.18. The monoisotopic (exact) mass is 315 g/mol. The van der Waals surface area contributed by atoms with E-state index in [1.165, 1.54) is 22.3 Å². The molecule has 114 valence electrons. The number of aliphatic hydroxyl groups is 1. The summed E-state index contributed by atoms with van der Waals surface area (Å²) in [6, 6.07) is 8.10. The predicted octanol–water partition coefficient (Wildman–Crippen LogP) is 2.65. The van der Waals surface area contributed by atoms with Gasteiger partial charge in [-0.2, -0.15) is 0 Å². The number of carbonyl (C=O) groups excluding carboxylic acids is 1. The molecule has 0 spiro atoms. The van der Waals surface area contributed by atoms with Crippen molar-refractivity contribution in [3.8, 4) is 0 Å². The van der Waals surface area contributed by atoms with Crippen LogP contribution in [0, 0.1) is 0 Å². The van der Waals surface area contributed by atoms with Crippen molar-refractivity contribution >= 4 is 28.1 Å². The molecule has 0 aliphatic carbocycles. The van der Waals surface area contributed by atoms with Gasteiger partial charge in [-0.3, -0.25) is 4.79 Å². The predicted molar refractivity (Wildman–Crippen MR) is 87.1 cm³/mol. The van der Waals surface area contributed by atoms with Crippen LogP contribution in [0.25, 0.3) is 10.9 Å². The third-order valence-electron chi connectivity index (χ3n) is 3.47. The van der Waals surface area contributed by atoms with E-state index in [0.717, 1.165) is 11.9 Å². The minimum absolute atomic E-state index is 0.206. The Kier molecular flexibility index (Phi) is 4.22. The van der Waals surface area contributed by atoms with Crippen molar-refractivity contribution in [1.29, 1.82) is 0 Å². The zero-order valence-electron chi connectivity index (χ0n) is 12.2. The van der Waals surface area contributed by atoms with E-state index in [2.05, 4.69) is 21.4 Å². The van der Waals surface area contributed by atoms with Crippen LogP contribution in [0.1, 0.15) is 34.1 Å². The summed E-state index contributed by atoms with van der Waals surface area (Å²) in [5.41, 5.74) is 2.64. The quantitative estimate of drug-likeness (QED) is 0.677. The first-order valence-electron chi connectivity index (χ1n) is 7.12. The van der Waals surface area contributed by atoms with Gasteiger partial charge in [0.15, 0.2) is 0 Å². The van der Waals surface area contributed by atoms with Gasteiger partial charge in [-0.15, -0.1) is 11.3 Å². The van der Waals surface area contributed by atoms with Crippen LogP contribution in [0.4, 0.5) is 0 Å².